The summed E-state index contributed by atoms with van der Waals surface area (Å²) in [6.45, 7) is 1.85. The average Bonchev–Trinajstić information content (AvgIpc) is 3.00. The van der Waals surface area contributed by atoms with Crippen LogP contribution in [0.15, 0.2) is 54.9 Å². The topological polar surface area (TPSA) is 64.9 Å². The third kappa shape index (κ3) is 2.73. The Hall–Kier alpha value is -3.48. The van der Waals surface area contributed by atoms with Crippen LogP contribution in [-0.4, -0.2) is 26.9 Å². The molecule has 0 aliphatic rings. The summed E-state index contributed by atoms with van der Waals surface area (Å²) in [5, 5.41) is 8.46. The normalized spacial score (nSPS) is 10.9. The number of hydrogen-bond donors (Lipinski definition) is 1. The molecule has 2 aromatic heterocycles. The van der Waals surface area contributed by atoms with Crippen LogP contribution in [-0.2, 0) is 0 Å². The second kappa shape index (κ2) is 6.44. The fourth-order valence-electron chi connectivity index (χ4n) is 2.84. The Morgan fingerprint density at radius 1 is 1.08 bits per heavy atom. The van der Waals surface area contributed by atoms with E-state index in [1.165, 1.54) is 17.1 Å². The summed E-state index contributed by atoms with van der Waals surface area (Å²) in [6.07, 6.45) is 1.43. The summed E-state index contributed by atoms with van der Waals surface area (Å²) in [6, 6.07) is 14.0. The van der Waals surface area contributed by atoms with Crippen molar-refractivity contribution in [2.45, 2.75) is 6.92 Å². The van der Waals surface area contributed by atoms with Crippen molar-refractivity contribution in [3.8, 4) is 11.4 Å². The SMILES string of the molecule is COc1cccc(Nc2ncnc3c2c(C)nn3-c2ccccc2F)c1. The summed E-state index contributed by atoms with van der Waals surface area (Å²) in [7, 11) is 1.62. The van der Waals surface area contributed by atoms with Crippen molar-refractivity contribution in [2.75, 3.05) is 12.4 Å². The van der Waals surface area contributed by atoms with Crippen LogP contribution in [0, 0.1) is 12.7 Å². The van der Waals surface area contributed by atoms with Gasteiger partial charge in [0.15, 0.2) is 5.65 Å². The molecule has 26 heavy (non-hydrogen) atoms. The molecule has 4 rings (SSSR count). The van der Waals surface area contributed by atoms with Gasteiger partial charge in [0.2, 0.25) is 0 Å². The minimum Gasteiger partial charge on any atom is -0.497 e. The first-order chi connectivity index (χ1) is 12.7. The van der Waals surface area contributed by atoms with Crippen LogP contribution in [0.4, 0.5) is 15.9 Å². The molecule has 0 fully saturated rings. The van der Waals surface area contributed by atoms with Crippen molar-refractivity contribution >= 4 is 22.5 Å². The van der Waals surface area contributed by atoms with Gasteiger partial charge in [0, 0.05) is 11.8 Å². The maximum Gasteiger partial charge on any atom is 0.168 e. The number of hydrogen-bond acceptors (Lipinski definition) is 5. The second-order valence-electron chi connectivity index (χ2n) is 5.73. The van der Waals surface area contributed by atoms with Crippen molar-refractivity contribution in [2.24, 2.45) is 0 Å². The summed E-state index contributed by atoms with van der Waals surface area (Å²) >= 11 is 0. The quantitative estimate of drug-likeness (QED) is 0.603. The van der Waals surface area contributed by atoms with E-state index in [1.807, 2.05) is 31.2 Å². The van der Waals surface area contributed by atoms with Crippen LogP contribution in [0.1, 0.15) is 5.69 Å². The van der Waals surface area contributed by atoms with Crippen molar-refractivity contribution in [1.29, 1.82) is 0 Å². The number of rotatable bonds is 4. The predicted octanol–water partition coefficient (Wildman–Crippen LogP) is 4.02. The van der Waals surface area contributed by atoms with Crippen LogP contribution in [0.5, 0.6) is 5.75 Å². The molecular weight excluding hydrogens is 333 g/mol. The highest BCUT2D eigenvalue weighted by Crippen LogP contribution is 2.29. The van der Waals surface area contributed by atoms with Crippen LogP contribution in [0.25, 0.3) is 16.7 Å². The van der Waals surface area contributed by atoms with E-state index in [9.17, 15) is 4.39 Å². The number of nitrogens with zero attached hydrogens (tertiary/aromatic N) is 4. The minimum atomic E-state index is -0.363. The summed E-state index contributed by atoms with van der Waals surface area (Å²) in [5.74, 6) is 0.972. The highest BCUT2D eigenvalue weighted by molar-refractivity contribution is 5.91. The van der Waals surface area contributed by atoms with Gasteiger partial charge in [-0.3, -0.25) is 0 Å². The van der Waals surface area contributed by atoms with Crippen molar-refractivity contribution in [1.82, 2.24) is 19.7 Å². The predicted molar refractivity (Wildman–Crippen MR) is 97.6 cm³/mol. The first-order valence-electron chi connectivity index (χ1n) is 8.03. The molecule has 1 N–H and O–H groups in total. The molecule has 0 atom stereocenters. The number of anilines is 2. The average molecular weight is 349 g/mol. The standard InChI is InChI=1S/C19H16FN5O/c1-12-17-18(23-13-6-5-7-14(10-13)26-2)21-11-22-19(17)25(24-12)16-9-4-3-8-15(16)20/h3-11H,1-2H3,(H,21,22,23). The highest BCUT2D eigenvalue weighted by atomic mass is 19.1. The molecule has 0 bridgehead atoms. The van der Waals surface area contributed by atoms with E-state index in [2.05, 4.69) is 20.4 Å². The number of nitrogens with one attached hydrogen (secondary N) is 1. The fraction of sp³-hybridized carbons (Fsp3) is 0.105. The van der Waals surface area contributed by atoms with E-state index in [1.54, 1.807) is 25.3 Å². The van der Waals surface area contributed by atoms with Gasteiger partial charge in [-0.1, -0.05) is 18.2 Å². The molecule has 0 saturated carbocycles. The molecule has 0 spiro atoms. The number of fused-ring (bicyclic) bond motifs is 1. The van der Waals surface area contributed by atoms with Crippen LogP contribution < -0.4 is 10.1 Å². The van der Waals surface area contributed by atoms with Gasteiger partial charge in [0.05, 0.1) is 18.2 Å². The Balaban J connectivity index is 1.84. The maximum absolute atomic E-state index is 14.2. The number of aryl methyl sites for hydroxylation is 1. The minimum absolute atomic E-state index is 0.344. The number of para-hydroxylation sites is 1. The molecule has 0 aliphatic heterocycles. The molecular formula is C19H16FN5O. The lowest BCUT2D eigenvalue weighted by Gasteiger charge is -2.09. The number of halogens is 1. The van der Waals surface area contributed by atoms with E-state index in [4.69, 9.17) is 4.74 Å². The summed E-state index contributed by atoms with van der Waals surface area (Å²) in [4.78, 5) is 8.65. The van der Waals surface area contributed by atoms with E-state index in [0.29, 0.717) is 22.8 Å². The highest BCUT2D eigenvalue weighted by Gasteiger charge is 2.17. The first kappa shape index (κ1) is 16.0. The molecule has 0 radical (unpaired) electrons. The lowest BCUT2D eigenvalue weighted by molar-refractivity contribution is 0.415. The van der Waals surface area contributed by atoms with Crippen molar-refractivity contribution in [3.05, 3.63) is 66.4 Å². The zero-order valence-corrected chi connectivity index (χ0v) is 14.3. The molecule has 0 unspecified atom stereocenters. The van der Waals surface area contributed by atoms with Gasteiger partial charge in [-0.2, -0.15) is 5.10 Å². The van der Waals surface area contributed by atoms with E-state index < -0.39 is 0 Å². The zero-order valence-electron chi connectivity index (χ0n) is 14.3. The Labute approximate surface area is 149 Å². The monoisotopic (exact) mass is 349 g/mol. The van der Waals surface area contributed by atoms with Crippen LogP contribution in [0.3, 0.4) is 0 Å². The molecule has 4 aromatic rings. The largest absolute Gasteiger partial charge is 0.497 e. The molecule has 6 nitrogen and oxygen atoms in total. The number of methoxy groups -OCH3 is 1. The van der Waals surface area contributed by atoms with Crippen LogP contribution in [0.2, 0.25) is 0 Å². The van der Waals surface area contributed by atoms with Gasteiger partial charge < -0.3 is 10.1 Å². The lowest BCUT2D eigenvalue weighted by Crippen LogP contribution is -2.01. The molecule has 0 aliphatic carbocycles. The van der Waals surface area contributed by atoms with E-state index in [0.717, 1.165) is 16.8 Å². The zero-order chi connectivity index (χ0) is 18.1. The van der Waals surface area contributed by atoms with Crippen molar-refractivity contribution < 1.29 is 9.13 Å². The Morgan fingerprint density at radius 3 is 2.73 bits per heavy atom. The summed E-state index contributed by atoms with van der Waals surface area (Å²) < 4.78 is 21.0. The molecule has 2 heterocycles. The van der Waals surface area contributed by atoms with Gasteiger partial charge in [0.1, 0.15) is 29.4 Å². The van der Waals surface area contributed by atoms with Gasteiger partial charge >= 0.3 is 0 Å². The van der Waals surface area contributed by atoms with Gasteiger partial charge in [-0.15, -0.1) is 0 Å². The Kier molecular flexibility index (Phi) is 3.96. The molecule has 0 saturated heterocycles. The fourth-order valence-corrected chi connectivity index (χ4v) is 2.84. The van der Waals surface area contributed by atoms with Crippen LogP contribution >= 0.6 is 0 Å². The van der Waals surface area contributed by atoms with E-state index >= 15 is 0 Å². The molecule has 2 aromatic carbocycles. The number of aromatic nitrogens is 4. The third-order valence-electron chi connectivity index (χ3n) is 4.05. The second-order valence-corrected chi connectivity index (χ2v) is 5.73. The first-order valence-corrected chi connectivity index (χ1v) is 8.03. The lowest BCUT2D eigenvalue weighted by atomic mass is 10.2. The van der Waals surface area contributed by atoms with Gasteiger partial charge in [-0.05, 0) is 31.2 Å². The third-order valence-corrected chi connectivity index (χ3v) is 4.05. The maximum atomic E-state index is 14.2. The molecule has 0 amide bonds. The molecule has 7 heteroatoms. The van der Waals surface area contributed by atoms with Gasteiger partial charge in [-0.25, -0.2) is 19.0 Å². The van der Waals surface area contributed by atoms with E-state index in [-0.39, 0.29) is 5.82 Å². The number of benzene rings is 2. The Morgan fingerprint density at radius 2 is 1.92 bits per heavy atom. The summed E-state index contributed by atoms with van der Waals surface area (Å²) in [5.41, 5.74) is 2.40. The van der Waals surface area contributed by atoms with Gasteiger partial charge in [0.25, 0.3) is 0 Å². The Bertz CT molecular complexity index is 1090. The number of ether oxygens (including phenoxy) is 1. The smallest absolute Gasteiger partial charge is 0.168 e. The van der Waals surface area contributed by atoms with Crippen molar-refractivity contribution in [3.63, 3.8) is 0 Å². The molecule has 130 valence electrons.